The van der Waals surface area contributed by atoms with Crippen LogP contribution in [-0.4, -0.2) is 11.7 Å². The first-order valence-corrected chi connectivity index (χ1v) is 12.6. The summed E-state index contributed by atoms with van der Waals surface area (Å²) < 4.78 is 0. The molecule has 0 saturated carbocycles. The average Bonchev–Trinajstić information content (AvgIpc) is 2.97. The first-order valence-electron chi connectivity index (χ1n) is 12.6. The van der Waals surface area contributed by atoms with Gasteiger partial charge >= 0.3 is 0 Å². The highest BCUT2D eigenvalue weighted by atomic mass is 15.2. The van der Waals surface area contributed by atoms with Crippen LogP contribution in [0.3, 0.4) is 0 Å². The van der Waals surface area contributed by atoms with Crippen molar-refractivity contribution in [2.45, 2.75) is 6.17 Å². The summed E-state index contributed by atoms with van der Waals surface area (Å²) in [4.78, 5) is 9.98. The van der Waals surface area contributed by atoms with Gasteiger partial charge in [0, 0.05) is 16.7 Å². The van der Waals surface area contributed by atoms with Crippen molar-refractivity contribution in [3.8, 4) is 11.1 Å². The summed E-state index contributed by atoms with van der Waals surface area (Å²) in [5, 5.41) is 13.9. The lowest BCUT2D eigenvalue weighted by Crippen LogP contribution is -2.35. The van der Waals surface area contributed by atoms with Gasteiger partial charge in [-0.05, 0) is 27.5 Å². The Labute approximate surface area is 220 Å². The van der Waals surface area contributed by atoms with E-state index in [0.29, 0.717) is 0 Å². The third kappa shape index (κ3) is 4.00. The van der Waals surface area contributed by atoms with Gasteiger partial charge in [-0.1, -0.05) is 121 Å². The smallest absolute Gasteiger partial charge is 0.169 e. The molecule has 0 saturated heterocycles. The number of azo groups is 1. The number of hydrogen-bond donors (Lipinski definition) is 1. The van der Waals surface area contributed by atoms with Crippen molar-refractivity contribution in [3.05, 3.63) is 150 Å². The van der Waals surface area contributed by atoms with Gasteiger partial charge in [-0.3, -0.25) is 0 Å². The molecule has 0 spiro atoms. The first-order chi connectivity index (χ1) is 18.8. The topological polar surface area (TPSA) is 61.5 Å². The molecule has 5 aromatic rings. The zero-order valence-electron chi connectivity index (χ0n) is 20.5. The fraction of sp³-hybridized carbons (Fsp3) is 0.0303. The normalized spacial score (nSPS) is 14.8. The number of hydrogen-bond acceptors (Lipinski definition) is 5. The third-order valence-corrected chi connectivity index (χ3v) is 6.90. The summed E-state index contributed by atoms with van der Waals surface area (Å²) in [5.74, 6) is 1.63. The predicted molar refractivity (Wildman–Crippen MR) is 154 cm³/mol. The van der Waals surface area contributed by atoms with Crippen molar-refractivity contribution in [3.63, 3.8) is 0 Å². The van der Waals surface area contributed by atoms with Gasteiger partial charge in [-0.15, -0.1) is 5.11 Å². The number of benzene rings is 5. The van der Waals surface area contributed by atoms with Crippen molar-refractivity contribution < 1.29 is 0 Å². The van der Waals surface area contributed by atoms with Crippen LogP contribution in [0.15, 0.2) is 148 Å². The minimum atomic E-state index is -0.342. The van der Waals surface area contributed by atoms with Crippen molar-refractivity contribution >= 4 is 28.1 Å². The Morgan fingerprint density at radius 2 is 1.03 bits per heavy atom. The number of fused-ring (bicyclic) bond motifs is 1. The lowest BCUT2D eigenvalue weighted by atomic mass is 9.93. The van der Waals surface area contributed by atoms with Gasteiger partial charge in [0.2, 0.25) is 0 Å². The number of rotatable bonds is 5. The van der Waals surface area contributed by atoms with E-state index < -0.39 is 0 Å². The Hall–Kier alpha value is -5.16. The summed E-state index contributed by atoms with van der Waals surface area (Å²) in [6, 6.07) is 41.7. The molecule has 5 heteroatoms. The Kier molecular flexibility index (Phi) is 5.44. The molecule has 180 valence electrons. The molecule has 5 nitrogen and oxygen atoms in total. The van der Waals surface area contributed by atoms with Crippen molar-refractivity contribution in [2.75, 3.05) is 0 Å². The largest absolute Gasteiger partial charge is 0.324 e. The van der Waals surface area contributed by atoms with Crippen molar-refractivity contribution in [1.29, 1.82) is 0 Å². The summed E-state index contributed by atoms with van der Waals surface area (Å²) in [6.07, 6.45) is 1.47. The second-order valence-corrected chi connectivity index (χ2v) is 9.24. The molecular formula is C33H23N5. The monoisotopic (exact) mass is 489 g/mol. The maximum Gasteiger partial charge on any atom is 0.169 e. The maximum atomic E-state index is 4.99. The van der Waals surface area contributed by atoms with Crippen molar-refractivity contribution in [1.82, 2.24) is 5.32 Å². The van der Waals surface area contributed by atoms with Gasteiger partial charge < -0.3 is 5.32 Å². The van der Waals surface area contributed by atoms with Gasteiger partial charge in [0.05, 0.1) is 6.20 Å². The second kappa shape index (κ2) is 9.37. The maximum absolute atomic E-state index is 4.99. The first kappa shape index (κ1) is 22.1. The molecule has 0 aliphatic carbocycles. The zero-order chi connectivity index (χ0) is 25.3. The molecule has 2 aliphatic rings. The summed E-state index contributed by atoms with van der Waals surface area (Å²) in [5.41, 5.74) is 7.46. The zero-order valence-corrected chi connectivity index (χ0v) is 20.5. The van der Waals surface area contributed by atoms with Crippen LogP contribution in [0, 0.1) is 0 Å². The molecule has 0 unspecified atom stereocenters. The number of nitrogens with one attached hydrogen (secondary N) is 1. The molecule has 0 aromatic heterocycles. The van der Waals surface area contributed by atoms with E-state index in [1.54, 1.807) is 0 Å². The Morgan fingerprint density at radius 3 is 1.58 bits per heavy atom. The standard InChI is InChI=1S/C33H23N5/c1-3-9-23(10-4-1)31-35-32(24-11-5-2-6-12-24)37-33(36-31)25-17-15-22(16-18-25)26-19-20-29(30-21-34-38-30)28-14-8-7-13-27(26)28/h1-21,33H,(H,35,36,37). The number of aliphatic imine (C=N–C) groups is 2. The van der Waals surface area contributed by atoms with E-state index in [-0.39, 0.29) is 6.17 Å². The average molecular weight is 490 g/mol. The molecule has 2 aliphatic heterocycles. The van der Waals surface area contributed by atoms with E-state index in [9.17, 15) is 0 Å². The van der Waals surface area contributed by atoms with E-state index in [1.165, 1.54) is 16.3 Å². The molecule has 0 bridgehead atoms. The molecule has 0 atom stereocenters. The highest BCUT2D eigenvalue weighted by molar-refractivity contribution is 6.15. The van der Waals surface area contributed by atoms with E-state index in [2.05, 4.69) is 100 Å². The number of nitrogens with zero attached hydrogens (tertiary/aromatic N) is 4. The SMILES string of the molecule is C1=C(c2ccc(-c3ccc(C4N=C(c5ccccc5)NC(c5ccccc5)=N4)cc3)c3ccccc23)N=N1. The van der Waals surface area contributed by atoms with Gasteiger partial charge in [0.25, 0.3) is 0 Å². The molecule has 38 heavy (non-hydrogen) atoms. The Bertz CT molecular complexity index is 1710. The summed E-state index contributed by atoms with van der Waals surface area (Å²) >= 11 is 0. The van der Waals surface area contributed by atoms with Crippen LogP contribution >= 0.6 is 0 Å². The van der Waals surface area contributed by atoms with Crippen molar-refractivity contribution in [2.24, 2.45) is 20.2 Å². The van der Waals surface area contributed by atoms with Crippen LogP contribution in [0.25, 0.3) is 27.6 Å². The van der Waals surface area contributed by atoms with Gasteiger partial charge in [0.1, 0.15) is 17.4 Å². The molecule has 0 amide bonds. The van der Waals surface area contributed by atoms with E-state index in [0.717, 1.165) is 45.2 Å². The van der Waals surface area contributed by atoms with Crippen LogP contribution in [0.1, 0.15) is 28.4 Å². The second-order valence-electron chi connectivity index (χ2n) is 9.24. The fourth-order valence-electron chi connectivity index (χ4n) is 4.93. The summed E-state index contributed by atoms with van der Waals surface area (Å²) in [7, 11) is 0. The van der Waals surface area contributed by atoms with Crippen LogP contribution in [-0.2, 0) is 0 Å². The van der Waals surface area contributed by atoms with E-state index in [4.69, 9.17) is 9.98 Å². The Balaban J connectivity index is 1.27. The molecule has 2 heterocycles. The number of amidine groups is 2. The summed E-state index contributed by atoms with van der Waals surface area (Å²) in [6.45, 7) is 0. The molecule has 1 N–H and O–H groups in total. The Morgan fingerprint density at radius 1 is 0.500 bits per heavy atom. The molecule has 0 fully saturated rings. The fourth-order valence-corrected chi connectivity index (χ4v) is 4.93. The minimum Gasteiger partial charge on any atom is -0.324 e. The molecule has 7 rings (SSSR count). The lowest BCUT2D eigenvalue weighted by Gasteiger charge is -2.22. The van der Waals surface area contributed by atoms with Gasteiger partial charge in [0.15, 0.2) is 6.17 Å². The molecular weight excluding hydrogens is 466 g/mol. The van der Waals surface area contributed by atoms with Crippen LogP contribution < -0.4 is 5.32 Å². The highest BCUT2D eigenvalue weighted by Crippen LogP contribution is 2.36. The highest BCUT2D eigenvalue weighted by Gasteiger charge is 2.21. The predicted octanol–water partition coefficient (Wildman–Crippen LogP) is 7.77. The van der Waals surface area contributed by atoms with E-state index in [1.807, 2.05) is 42.6 Å². The van der Waals surface area contributed by atoms with E-state index >= 15 is 0 Å². The molecule has 0 radical (unpaired) electrons. The van der Waals surface area contributed by atoms with Crippen LogP contribution in [0.5, 0.6) is 0 Å². The third-order valence-electron chi connectivity index (χ3n) is 6.90. The lowest BCUT2D eigenvalue weighted by molar-refractivity contribution is 0.756. The minimum absolute atomic E-state index is 0.342. The quantitative estimate of drug-likeness (QED) is 0.269. The van der Waals surface area contributed by atoms with Gasteiger partial charge in [-0.25, -0.2) is 9.98 Å². The molecule has 5 aromatic carbocycles. The van der Waals surface area contributed by atoms with Crippen LogP contribution in [0.2, 0.25) is 0 Å². The van der Waals surface area contributed by atoms with Gasteiger partial charge in [-0.2, -0.15) is 5.11 Å². The van der Waals surface area contributed by atoms with Crippen LogP contribution in [0.4, 0.5) is 0 Å².